The third-order valence-electron chi connectivity index (χ3n) is 4.40. The van der Waals surface area contributed by atoms with Gasteiger partial charge in [-0.05, 0) is 65.8 Å². The fraction of sp³-hybridized carbons (Fsp3) is 0.227. The molecule has 0 bridgehead atoms. The van der Waals surface area contributed by atoms with E-state index in [0.717, 1.165) is 22.3 Å². The van der Waals surface area contributed by atoms with Crippen LogP contribution in [0.5, 0.6) is 5.75 Å². The SMILES string of the molecule is Cc1cc(C(=O)Oc2ccccc2)c2c(C)ccc(C(C)C)cc1-2. The Morgan fingerprint density at radius 1 is 0.917 bits per heavy atom. The van der Waals surface area contributed by atoms with E-state index in [4.69, 9.17) is 4.74 Å². The molecule has 0 fully saturated rings. The molecule has 0 radical (unpaired) electrons. The first kappa shape index (κ1) is 16.3. The Bertz CT molecular complexity index is 847. The number of para-hydroxylation sites is 1. The van der Waals surface area contributed by atoms with Crippen molar-refractivity contribution in [2.45, 2.75) is 33.6 Å². The van der Waals surface area contributed by atoms with Gasteiger partial charge in [0, 0.05) is 0 Å². The van der Waals surface area contributed by atoms with Crippen LogP contribution in [0.4, 0.5) is 0 Å². The van der Waals surface area contributed by atoms with Crippen molar-refractivity contribution in [1.82, 2.24) is 0 Å². The predicted octanol–water partition coefficient (Wildman–Crippen LogP) is 5.75. The lowest BCUT2D eigenvalue weighted by Gasteiger charge is -2.07. The molecule has 0 aromatic heterocycles. The van der Waals surface area contributed by atoms with Crippen molar-refractivity contribution < 1.29 is 9.53 Å². The molecule has 0 heterocycles. The summed E-state index contributed by atoms with van der Waals surface area (Å²) in [7, 11) is 0. The maximum atomic E-state index is 12.7. The van der Waals surface area contributed by atoms with Crippen molar-refractivity contribution in [3.05, 3.63) is 76.9 Å². The highest BCUT2D eigenvalue weighted by molar-refractivity contribution is 6.02. The largest absolute Gasteiger partial charge is 0.423 e. The second-order valence-electron chi connectivity index (χ2n) is 6.55. The molecule has 3 rings (SSSR count). The summed E-state index contributed by atoms with van der Waals surface area (Å²) < 4.78 is 5.55. The van der Waals surface area contributed by atoms with Gasteiger partial charge in [-0.15, -0.1) is 0 Å². The van der Waals surface area contributed by atoms with E-state index in [1.165, 1.54) is 5.56 Å². The zero-order valence-corrected chi connectivity index (χ0v) is 14.6. The molecule has 2 aliphatic carbocycles. The molecule has 0 saturated carbocycles. The molecule has 24 heavy (non-hydrogen) atoms. The van der Waals surface area contributed by atoms with E-state index < -0.39 is 0 Å². The molecule has 1 aromatic rings. The summed E-state index contributed by atoms with van der Waals surface area (Å²) in [5, 5.41) is 0. The molecule has 0 unspecified atom stereocenters. The molecule has 0 spiro atoms. The number of carbonyl (C=O) groups is 1. The molecule has 2 aliphatic rings. The fourth-order valence-corrected chi connectivity index (χ4v) is 3.01. The van der Waals surface area contributed by atoms with Gasteiger partial charge in [-0.25, -0.2) is 4.79 Å². The first-order chi connectivity index (χ1) is 11.5. The van der Waals surface area contributed by atoms with E-state index in [0.29, 0.717) is 17.2 Å². The molecule has 0 N–H and O–H groups in total. The number of hydrogen-bond donors (Lipinski definition) is 0. The average Bonchev–Trinajstić information content (AvgIpc) is 2.77. The van der Waals surface area contributed by atoms with E-state index in [-0.39, 0.29) is 5.97 Å². The molecular formula is C22H22O2. The van der Waals surface area contributed by atoms with E-state index in [2.05, 4.69) is 32.0 Å². The van der Waals surface area contributed by atoms with Crippen LogP contribution in [0.3, 0.4) is 0 Å². The number of carbonyl (C=O) groups excluding carboxylic acids is 1. The topological polar surface area (TPSA) is 26.3 Å². The van der Waals surface area contributed by atoms with Crippen molar-refractivity contribution in [3.63, 3.8) is 0 Å². The maximum Gasteiger partial charge on any atom is 0.344 e. The van der Waals surface area contributed by atoms with Crippen LogP contribution >= 0.6 is 0 Å². The lowest BCUT2D eigenvalue weighted by Crippen LogP contribution is -2.08. The lowest BCUT2D eigenvalue weighted by molar-refractivity contribution is 0.0736. The minimum Gasteiger partial charge on any atom is -0.423 e. The zero-order chi connectivity index (χ0) is 17.3. The van der Waals surface area contributed by atoms with Gasteiger partial charge in [-0.3, -0.25) is 0 Å². The van der Waals surface area contributed by atoms with Gasteiger partial charge in [-0.2, -0.15) is 0 Å². The van der Waals surface area contributed by atoms with E-state index in [1.807, 2.05) is 38.1 Å². The van der Waals surface area contributed by atoms with E-state index in [1.54, 1.807) is 12.1 Å². The Morgan fingerprint density at radius 3 is 2.29 bits per heavy atom. The van der Waals surface area contributed by atoms with Crippen molar-refractivity contribution in [1.29, 1.82) is 0 Å². The average molecular weight is 318 g/mol. The highest BCUT2D eigenvalue weighted by Crippen LogP contribution is 2.36. The Kier molecular flexibility index (Phi) is 4.39. The number of rotatable bonds is 3. The lowest BCUT2D eigenvalue weighted by atomic mass is 10.0. The summed E-state index contributed by atoms with van der Waals surface area (Å²) >= 11 is 0. The smallest absolute Gasteiger partial charge is 0.344 e. The summed E-state index contributed by atoms with van der Waals surface area (Å²) in [6.07, 6.45) is 0. The Balaban J connectivity index is 2.06. The summed E-state index contributed by atoms with van der Waals surface area (Å²) in [5.74, 6) is 0.698. The van der Waals surface area contributed by atoms with Crippen molar-refractivity contribution in [2.75, 3.05) is 0 Å². The van der Waals surface area contributed by atoms with E-state index >= 15 is 0 Å². The number of hydrogen-bond acceptors (Lipinski definition) is 2. The van der Waals surface area contributed by atoms with Crippen molar-refractivity contribution in [2.24, 2.45) is 0 Å². The van der Waals surface area contributed by atoms with Gasteiger partial charge >= 0.3 is 5.97 Å². The Labute approximate surface area is 143 Å². The minimum atomic E-state index is -0.306. The molecule has 2 heteroatoms. The van der Waals surface area contributed by atoms with Gasteiger partial charge in [0.05, 0.1) is 5.56 Å². The third-order valence-corrected chi connectivity index (χ3v) is 4.40. The normalized spacial score (nSPS) is 11.0. The van der Waals surface area contributed by atoms with Gasteiger partial charge < -0.3 is 4.74 Å². The first-order valence-electron chi connectivity index (χ1n) is 8.28. The standard InChI is InChI=1S/C22H22O2/c1-14(2)17-11-10-15(3)21-19(13-17)16(4)12-20(21)22(23)24-18-8-6-5-7-9-18/h5-14H,1-4H3. The summed E-state index contributed by atoms with van der Waals surface area (Å²) in [6, 6.07) is 17.6. The highest BCUT2D eigenvalue weighted by Gasteiger charge is 2.22. The Hall–Kier alpha value is -2.61. The van der Waals surface area contributed by atoms with Gasteiger partial charge in [0.1, 0.15) is 5.75 Å². The van der Waals surface area contributed by atoms with Crippen LogP contribution in [0, 0.1) is 13.8 Å². The van der Waals surface area contributed by atoms with Crippen LogP contribution in [0.2, 0.25) is 0 Å². The van der Waals surface area contributed by atoms with Gasteiger partial charge in [0.25, 0.3) is 0 Å². The third kappa shape index (κ3) is 3.05. The first-order valence-corrected chi connectivity index (χ1v) is 8.28. The molecular weight excluding hydrogens is 296 g/mol. The fourth-order valence-electron chi connectivity index (χ4n) is 3.01. The Morgan fingerprint density at radius 2 is 1.62 bits per heavy atom. The molecule has 0 saturated heterocycles. The minimum absolute atomic E-state index is 0.306. The van der Waals surface area contributed by atoms with Crippen LogP contribution in [0.1, 0.15) is 46.8 Å². The van der Waals surface area contributed by atoms with Gasteiger partial charge in [0.2, 0.25) is 0 Å². The second-order valence-corrected chi connectivity index (χ2v) is 6.55. The van der Waals surface area contributed by atoms with Crippen LogP contribution in [-0.4, -0.2) is 5.97 Å². The molecule has 122 valence electrons. The summed E-state index contributed by atoms with van der Waals surface area (Å²) in [4.78, 5) is 12.7. The van der Waals surface area contributed by atoms with E-state index in [9.17, 15) is 4.79 Å². The molecule has 0 aliphatic heterocycles. The maximum absolute atomic E-state index is 12.7. The highest BCUT2D eigenvalue weighted by atomic mass is 16.5. The van der Waals surface area contributed by atoms with Crippen LogP contribution in [0.25, 0.3) is 11.1 Å². The number of benzene rings is 1. The molecule has 0 atom stereocenters. The zero-order valence-electron chi connectivity index (χ0n) is 14.6. The monoisotopic (exact) mass is 318 g/mol. The summed E-state index contributed by atoms with van der Waals surface area (Å²) in [5.41, 5.74) is 6.21. The second kappa shape index (κ2) is 6.48. The quantitative estimate of drug-likeness (QED) is 0.454. The van der Waals surface area contributed by atoms with Crippen LogP contribution < -0.4 is 4.74 Å². The van der Waals surface area contributed by atoms with Crippen LogP contribution in [-0.2, 0) is 0 Å². The van der Waals surface area contributed by atoms with Gasteiger partial charge in [-0.1, -0.05) is 50.2 Å². The summed E-state index contributed by atoms with van der Waals surface area (Å²) in [6.45, 7) is 8.45. The molecule has 0 amide bonds. The molecule has 2 nitrogen and oxygen atoms in total. The van der Waals surface area contributed by atoms with Crippen LogP contribution in [0.15, 0.2) is 54.6 Å². The molecule has 1 aromatic carbocycles. The number of ether oxygens (including phenoxy) is 1. The van der Waals surface area contributed by atoms with Crippen molar-refractivity contribution in [3.8, 4) is 16.9 Å². The number of esters is 1. The number of aryl methyl sites for hydroxylation is 2. The predicted molar refractivity (Wildman–Crippen MR) is 98.0 cm³/mol. The van der Waals surface area contributed by atoms with Gasteiger partial charge in [0.15, 0.2) is 0 Å². The van der Waals surface area contributed by atoms with Crippen molar-refractivity contribution >= 4 is 5.97 Å². The number of fused-ring (bicyclic) bond motifs is 1.